The molecule has 1 saturated carbocycles. The van der Waals surface area contributed by atoms with Gasteiger partial charge < -0.3 is 10.2 Å². The van der Waals surface area contributed by atoms with Crippen molar-refractivity contribution in [3.63, 3.8) is 0 Å². The van der Waals surface area contributed by atoms with Crippen molar-refractivity contribution in [2.45, 2.75) is 45.1 Å². The predicted octanol–water partition coefficient (Wildman–Crippen LogP) is 2.74. The van der Waals surface area contributed by atoms with Crippen LogP contribution in [-0.2, 0) is 4.79 Å². The summed E-state index contributed by atoms with van der Waals surface area (Å²) in [6, 6.07) is 11.5. The van der Waals surface area contributed by atoms with E-state index in [-0.39, 0.29) is 23.9 Å². The third kappa shape index (κ3) is 4.31. The highest BCUT2D eigenvalue weighted by Gasteiger charge is 2.30. The molecule has 3 rings (SSSR count). The number of amides is 2. The van der Waals surface area contributed by atoms with Gasteiger partial charge in [-0.25, -0.2) is 4.68 Å². The quantitative estimate of drug-likeness (QED) is 0.898. The summed E-state index contributed by atoms with van der Waals surface area (Å²) in [6.45, 7) is 5.76. The lowest BCUT2D eigenvalue weighted by molar-refractivity contribution is -0.122. The van der Waals surface area contributed by atoms with E-state index in [0.29, 0.717) is 11.6 Å². The molecule has 6 heteroatoms. The summed E-state index contributed by atoms with van der Waals surface area (Å²) in [5, 5.41) is 7.53. The van der Waals surface area contributed by atoms with Crippen molar-refractivity contribution in [3.8, 4) is 5.69 Å². The van der Waals surface area contributed by atoms with Crippen molar-refractivity contribution in [1.29, 1.82) is 0 Å². The third-order valence-corrected chi connectivity index (χ3v) is 4.19. The number of nitrogens with zero attached hydrogens (tertiary/aromatic N) is 3. The van der Waals surface area contributed by atoms with Gasteiger partial charge in [-0.2, -0.15) is 5.10 Å². The van der Waals surface area contributed by atoms with Gasteiger partial charge in [0.2, 0.25) is 5.91 Å². The molecule has 0 saturated heterocycles. The molecule has 0 unspecified atom stereocenters. The van der Waals surface area contributed by atoms with E-state index in [1.165, 1.54) is 4.90 Å². The van der Waals surface area contributed by atoms with Crippen molar-refractivity contribution >= 4 is 11.8 Å². The molecular weight excluding hydrogens is 328 g/mol. The van der Waals surface area contributed by atoms with Gasteiger partial charge in [0.1, 0.15) is 5.69 Å². The Bertz CT molecular complexity index is 801. The molecule has 0 aliphatic heterocycles. The molecule has 1 aromatic heterocycles. The molecule has 2 aromatic rings. The lowest BCUT2D eigenvalue weighted by atomic mass is 10.1. The summed E-state index contributed by atoms with van der Waals surface area (Å²) in [6.07, 6.45) is 2.23. The number of carbonyl (C=O) groups excluding carboxylic acids is 2. The lowest BCUT2D eigenvalue weighted by Gasteiger charge is -2.23. The van der Waals surface area contributed by atoms with Crippen LogP contribution in [0.3, 0.4) is 0 Å². The van der Waals surface area contributed by atoms with Crippen LogP contribution in [0, 0.1) is 0 Å². The van der Waals surface area contributed by atoms with Gasteiger partial charge in [0.05, 0.1) is 17.9 Å². The molecule has 2 amide bonds. The van der Waals surface area contributed by atoms with Crippen LogP contribution >= 0.6 is 0 Å². The van der Waals surface area contributed by atoms with Crippen molar-refractivity contribution < 1.29 is 9.59 Å². The molecule has 0 bridgehead atoms. The maximum atomic E-state index is 13.0. The summed E-state index contributed by atoms with van der Waals surface area (Å²) >= 11 is 0. The van der Waals surface area contributed by atoms with Crippen molar-refractivity contribution in [3.05, 3.63) is 47.8 Å². The second-order valence-electron chi connectivity index (χ2n) is 7.94. The zero-order valence-electron chi connectivity index (χ0n) is 15.8. The fraction of sp³-hybridized carbons (Fsp3) is 0.450. The number of rotatable bonds is 5. The molecule has 0 radical (unpaired) electrons. The van der Waals surface area contributed by atoms with Gasteiger partial charge in [0.15, 0.2) is 0 Å². The Kier molecular flexibility index (Phi) is 4.85. The Hall–Kier alpha value is -2.63. The molecule has 26 heavy (non-hydrogen) atoms. The molecule has 1 fully saturated rings. The Balaban J connectivity index is 1.83. The van der Waals surface area contributed by atoms with Crippen LogP contribution in [-0.4, -0.2) is 45.6 Å². The highest BCUT2D eigenvalue weighted by atomic mass is 16.2. The number of carbonyl (C=O) groups is 2. The van der Waals surface area contributed by atoms with E-state index >= 15 is 0 Å². The Morgan fingerprint density at radius 2 is 1.88 bits per heavy atom. The van der Waals surface area contributed by atoms with Gasteiger partial charge >= 0.3 is 0 Å². The molecule has 0 atom stereocenters. The molecule has 6 nitrogen and oxygen atoms in total. The fourth-order valence-corrected chi connectivity index (χ4v) is 2.84. The monoisotopic (exact) mass is 354 g/mol. The number of hydrogen-bond acceptors (Lipinski definition) is 3. The SMILES string of the molecule is CN(CC(=O)NC(C)(C)C)C(=O)c1cc(C2CC2)nn1-c1ccccc1. The second-order valence-corrected chi connectivity index (χ2v) is 7.94. The van der Waals surface area contributed by atoms with Crippen LogP contribution in [0.25, 0.3) is 5.69 Å². The first-order chi connectivity index (χ1) is 12.2. The number of benzene rings is 1. The van der Waals surface area contributed by atoms with Gasteiger partial charge in [-0.05, 0) is 51.8 Å². The van der Waals surface area contributed by atoms with Crippen LogP contribution in [0.5, 0.6) is 0 Å². The van der Waals surface area contributed by atoms with Crippen LogP contribution in [0.15, 0.2) is 36.4 Å². The second kappa shape index (κ2) is 6.94. The Morgan fingerprint density at radius 3 is 2.46 bits per heavy atom. The zero-order chi connectivity index (χ0) is 18.9. The van der Waals surface area contributed by atoms with Gasteiger partial charge in [-0.1, -0.05) is 18.2 Å². The number of aromatic nitrogens is 2. The molecule has 1 N–H and O–H groups in total. The first-order valence-corrected chi connectivity index (χ1v) is 8.96. The van der Waals surface area contributed by atoms with Gasteiger partial charge in [0.25, 0.3) is 5.91 Å². The lowest BCUT2D eigenvalue weighted by Crippen LogP contribution is -2.46. The topological polar surface area (TPSA) is 67.2 Å². The fourth-order valence-electron chi connectivity index (χ4n) is 2.84. The zero-order valence-corrected chi connectivity index (χ0v) is 15.8. The van der Waals surface area contributed by atoms with Crippen LogP contribution in [0.4, 0.5) is 0 Å². The van der Waals surface area contributed by atoms with E-state index in [9.17, 15) is 9.59 Å². The smallest absolute Gasteiger partial charge is 0.272 e. The summed E-state index contributed by atoms with van der Waals surface area (Å²) in [5.41, 5.74) is 1.95. The number of nitrogens with one attached hydrogen (secondary N) is 1. The molecule has 1 heterocycles. The van der Waals surface area contributed by atoms with Crippen LogP contribution < -0.4 is 5.32 Å². The highest BCUT2D eigenvalue weighted by Crippen LogP contribution is 2.39. The molecule has 0 spiro atoms. The predicted molar refractivity (Wildman–Crippen MR) is 100 cm³/mol. The van der Waals surface area contributed by atoms with Crippen molar-refractivity contribution in [2.75, 3.05) is 13.6 Å². The van der Waals surface area contributed by atoms with Gasteiger partial charge in [-0.15, -0.1) is 0 Å². The van der Waals surface area contributed by atoms with Crippen molar-refractivity contribution in [1.82, 2.24) is 20.0 Å². The van der Waals surface area contributed by atoms with E-state index in [2.05, 4.69) is 10.4 Å². The molecular formula is C20H26N4O2. The summed E-state index contributed by atoms with van der Waals surface area (Å²) in [7, 11) is 1.64. The maximum absolute atomic E-state index is 13.0. The Morgan fingerprint density at radius 1 is 1.23 bits per heavy atom. The summed E-state index contributed by atoms with van der Waals surface area (Å²) < 4.78 is 1.69. The van der Waals surface area contributed by atoms with Gasteiger partial charge in [0, 0.05) is 18.5 Å². The molecule has 1 aliphatic carbocycles. The highest BCUT2D eigenvalue weighted by molar-refractivity contribution is 5.95. The van der Waals surface area contributed by atoms with E-state index in [1.54, 1.807) is 11.7 Å². The Labute approximate surface area is 154 Å². The van der Waals surface area contributed by atoms with Crippen LogP contribution in [0.1, 0.15) is 55.7 Å². The largest absolute Gasteiger partial charge is 0.350 e. The summed E-state index contributed by atoms with van der Waals surface area (Å²) in [4.78, 5) is 26.6. The average molecular weight is 354 g/mol. The van der Waals surface area contributed by atoms with E-state index in [1.807, 2.05) is 57.2 Å². The van der Waals surface area contributed by atoms with Crippen molar-refractivity contribution in [2.24, 2.45) is 0 Å². The van der Waals surface area contributed by atoms with E-state index in [4.69, 9.17) is 0 Å². The number of para-hydroxylation sites is 1. The van der Waals surface area contributed by atoms with E-state index in [0.717, 1.165) is 24.2 Å². The van der Waals surface area contributed by atoms with E-state index < -0.39 is 0 Å². The number of likely N-dealkylation sites (N-methyl/N-ethyl adjacent to an activating group) is 1. The molecule has 1 aliphatic rings. The minimum atomic E-state index is -0.327. The standard InChI is InChI=1S/C20H26N4O2/c1-20(2,3)21-18(25)13-23(4)19(26)17-12-16(14-10-11-14)22-24(17)15-8-6-5-7-9-15/h5-9,12,14H,10-11,13H2,1-4H3,(H,21,25). The average Bonchev–Trinajstić information content (AvgIpc) is 3.32. The van der Waals surface area contributed by atoms with Gasteiger partial charge in [-0.3, -0.25) is 9.59 Å². The minimum Gasteiger partial charge on any atom is -0.350 e. The normalized spacial score (nSPS) is 14.2. The third-order valence-electron chi connectivity index (χ3n) is 4.19. The maximum Gasteiger partial charge on any atom is 0.272 e. The summed E-state index contributed by atoms with van der Waals surface area (Å²) in [5.74, 6) is 0.0554. The molecule has 138 valence electrons. The number of hydrogen-bond donors (Lipinski definition) is 1. The molecule has 1 aromatic carbocycles. The first-order valence-electron chi connectivity index (χ1n) is 8.96. The minimum absolute atomic E-state index is 0.00876. The van der Waals surface area contributed by atoms with Crippen LogP contribution in [0.2, 0.25) is 0 Å². The first kappa shape index (κ1) is 18.2.